The van der Waals surface area contributed by atoms with Crippen molar-refractivity contribution in [2.45, 2.75) is 44.4 Å². The fourth-order valence-electron chi connectivity index (χ4n) is 3.41. The molecule has 1 saturated carbocycles. The second-order valence-electron chi connectivity index (χ2n) is 7.31. The van der Waals surface area contributed by atoms with Crippen LogP contribution in [0.4, 0.5) is 11.4 Å². The van der Waals surface area contributed by atoms with Gasteiger partial charge in [0.2, 0.25) is 0 Å². The molecule has 148 valence electrons. The Labute approximate surface area is 167 Å². The van der Waals surface area contributed by atoms with Crippen LogP contribution in [0.2, 0.25) is 0 Å². The molecule has 2 fully saturated rings. The molecular weight excluding hydrogens is 378 g/mol. The fourth-order valence-corrected chi connectivity index (χ4v) is 4.13. The summed E-state index contributed by atoms with van der Waals surface area (Å²) in [5.41, 5.74) is 0.765. The number of thiophene rings is 1. The van der Waals surface area contributed by atoms with E-state index in [1.54, 1.807) is 28.4 Å². The van der Waals surface area contributed by atoms with E-state index < -0.39 is 4.92 Å². The van der Waals surface area contributed by atoms with Gasteiger partial charge in [0.1, 0.15) is 5.69 Å². The number of nitrogens with zero attached hydrogens (tertiary/aromatic N) is 2. The minimum Gasteiger partial charge on any atom is -0.377 e. The van der Waals surface area contributed by atoms with E-state index in [-0.39, 0.29) is 17.7 Å². The lowest BCUT2D eigenvalue weighted by atomic mass is 10.1. The van der Waals surface area contributed by atoms with Crippen molar-refractivity contribution in [3.63, 3.8) is 0 Å². The zero-order chi connectivity index (χ0) is 19.5. The highest BCUT2D eigenvalue weighted by Gasteiger charge is 2.28. The maximum atomic E-state index is 13.2. The molecular formula is C20H23N3O4S. The molecule has 8 heteroatoms. The molecule has 2 aliphatic rings. The van der Waals surface area contributed by atoms with Gasteiger partial charge in [0.25, 0.3) is 11.6 Å². The van der Waals surface area contributed by atoms with E-state index in [4.69, 9.17) is 4.74 Å². The fraction of sp³-hybridized carbons (Fsp3) is 0.450. The van der Waals surface area contributed by atoms with Crippen molar-refractivity contribution in [1.29, 1.82) is 0 Å². The summed E-state index contributed by atoms with van der Waals surface area (Å²) in [5.74, 6) is -0.204. The number of anilines is 1. The van der Waals surface area contributed by atoms with Crippen molar-refractivity contribution in [1.82, 2.24) is 4.90 Å². The van der Waals surface area contributed by atoms with E-state index in [0.717, 1.165) is 37.2 Å². The monoisotopic (exact) mass is 401 g/mol. The van der Waals surface area contributed by atoms with E-state index in [9.17, 15) is 14.9 Å². The molecule has 1 aromatic carbocycles. The summed E-state index contributed by atoms with van der Waals surface area (Å²) >= 11 is 1.59. The van der Waals surface area contributed by atoms with E-state index in [2.05, 4.69) is 5.32 Å². The molecule has 1 aliphatic heterocycles. The lowest BCUT2D eigenvalue weighted by Gasteiger charge is -2.25. The van der Waals surface area contributed by atoms with Gasteiger partial charge in [0, 0.05) is 35.7 Å². The predicted octanol–water partition coefficient (Wildman–Crippen LogP) is 4.05. The molecule has 4 rings (SSSR count). The highest BCUT2D eigenvalue weighted by molar-refractivity contribution is 7.09. The molecule has 0 spiro atoms. The Morgan fingerprint density at radius 1 is 1.32 bits per heavy atom. The summed E-state index contributed by atoms with van der Waals surface area (Å²) in [7, 11) is 0. The van der Waals surface area contributed by atoms with E-state index in [1.807, 2.05) is 17.5 Å². The Kier molecular flexibility index (Phi) is 5.59. The van der Waals surface area contributed by atoms with Gasteiger partial charge in [-0.3, -0.25) is 14.9 Å². The number of hydrogen-bond donors (Lipinski definition) is 1. The summed E-state index contributed by atoms with van der Waals surface area (Å²) < 4.78 is 5.71. The number of carbonyl (C=O) groups excluding carboxylic acids is 1. The number of ether oxygens (including phenoxy) is 1. The van der Waals surface area contributed by atoms with Crippen LogP contribution in [-0.2, 0) is 11.3 Å². The van der Waals surface area contributed by atoms with Gasteiger partial charge in [0.15, 0.2) is 0 Å². The van der Waals surface area contributed by atoms with Gasteiger partial charge in [-0.15, -0.1) is 11.3 Å². The number of hydrogen-bond acceptors (Lipinski definition) is 6. The largest absolute Gasteiger partial charge is 0.377 e. The van der Waals surface area contributed by atoms with Crippen molar-refractivity contribution in [2.24, 2.45) is 0 Å². The molecule has 1 aromatic heterocycles. The van der Waals surface area contributed by atoms with Gasteiger partial charge >= 0.3 is 0 Å². The minimum atomic E-state index is -0.425. The quantitative estimate of drug-likeness (QED) is 0.533. The molecule has 1 unspecified atom stereocenters. The van der Waals surface area contributed by atoms with Crippen molar-refractivity contribution >= 4 is 28.6 Å². The van der Waals surface area contributed by atoms with Crippen LogP contribution in [0.1, 0.15) is 40.9 Å². The highest BCUT2D eigenvalue weighted by Crippen LogP contribution is 2.32. The van der Waals surface area contributed by atoms with Crippen LogP contribution in [-0.4, -0.2) is 41.0 Å². The molecule has 1 atom stereocenters. The van der Waals surface area contributed by atoms with Crippen molar-refractivity contribution in [2.75, 3.05) is 18.5 Å². The molecule has 28 heavy (non-hydrogen) atoms. The van der Waals surface area contributed by atoms with Crippen LogP contribution in [0.15, 0.2) is 35.7 Å². The Morgan fingerprint density at radius 3 is 2.82 bits per heavy atom. The zero-order valence-electron chi connectivity index (χ0n) is 15.5. The Bertz CT molecular complexity index is 845. The maximum absolute atomic E-state index is 13.2. The van der Waals surface area contributed by atoms with Crippen molar-refractivity contribution in [3.8, 4) is 0 Å². The van der Waals surface area contributed by atoms with Gasteiger partial charge in [-0.2, -0.15) is 0 Å². The molecule has 1 N–H and O–H groups in total. The molecule has 1 amide bonds. The Balaban J connectivity index is 1.57. The third-order valence-corrected chi connectivity index (χ3v) is 5.90. The number of nitro groups is 1. The zero-order valence-corrected chi connectivity index (χ0v) is 16.3. The lowest BCUT2D eigenvalue weighted by molar-refractivity contribution is -0.384. The number of nitro benzene ring substituents is 1. The molecule has 0 radical (unpaired) electrons. The predicted molar refractivity (Wildman–Crippen MR) is 108 cm³/mol. The topological polar surface area (TPSA) is 84.7 Å². The standard InChI is InChI=1S/C20H23N3O4S/c24-20(14-5-8-18(21-15-6-7-15)19(11-14)23(25)26)22(12-16-3-1-9-27-16)13-17-4-2-10-28-17/h2,4-5,8,10-11,15-16,21H,1,3,6-7,9,12-13H2. The molecule has 2 heterocycles. The smallest absolute Gasteiger partial charge is 0.293 e. The first-order chi connectivity index (χ1) is 13.6. The SMILES string of the molecule is O=C(c1ccc(NC2CC2)c([N+](=O)[O-])c1)N(Cc1cccs1)CC1CCCO1. The van der Waals surface area contributed by atoms with E-state index in [1.165, 1.54) is 6.07 Å². The van der Waals surface area contributed by atoms with Crippen LogP contribution < -0.4 is 5.32 Å². The first-order valence-corrected chi connectivity index (χ1v) is 10.5. The number of benzene rings is 1. The second-order valence-corrected chi connectivity index (χ2v) is 8.34. The summed E-state index contributed by atoms with van der Waals surface area (Å²) in [6, 6.07) is 8.97. The average molecular weight is 401 g/mol. The van der Waals surface area contributed by atoms with E-state index in [0.29, 0.717) is 30.4 Å². The minimum absolute atomic E-state index is 0.0229. The number of carbonyl (C=O) groups is 1. The van der Waals surface area contributed by atoms with E-state index >= 15 is 0 Å². The number of amides is 1. The number of rotatable bonds is 8. The normalized spacial score (nSPS) is 18.8. The lowest BCUT2D eigenvalue weighted by Crippen LogP contribution is -2.36. The maximum Gasteiger partial charge on any atom is 0.293 e. The molecule has 7 nitrogen and oxygen atoms in total. The summed E-state index contributed by atoms with van der Waals surface area (Å²) in [6.07, 6.45) is 3.99. The Morgan fingerprint density at radius 2 is 2.18 bits per heavy atom. The molecule has 0 bridgehead atoms. The third-order valence-electron chi connectivity index (χ3n) is 5.04. The van der Waals surface area contributed by atoms with Gasteiger partial charge in [-0.1, -0.05) is 6.07 Å². The van der Waals surface area contributed by atoms with Crippen molar-refractivity contribution < 1.29 is 14.5 Å². The summed E-state index contributed by atoms with van der Waals surface area (Å²) in [5, 5.41) is 16.7. The van der Waals surface area contributed by atoms with Gasteiger partial charge < -0.3 is 15.0 Å². The van der Waals surface area contributed by atoms with Gasteiger partial charge in [0.05, 0.1) is 17.6 Å². The first kappa shape index (κ1) is 18.9. The van der Waals surface area contributed by atoms with Crippen molar-refractivity contribution in [3.05, 3.63) is 56.3 Å². The molecule has 2 aromatic rings. The summed E-state index contributed by atoms with van der Waals surface area (Å²) in [4.78, 5) is 27.1. The first-order valence-electron chi connectivity index (χ1n) is 9.58. The highest BCUT2D eigenvalue weighted by atomic mass is 32.1. The van der Waals surface area contributed by atoms with Gasteiger partial charge in [-0.05, 0) is 49.3 Å². The average Bonchev–Trinajstić information content (AvgIpc) is 3.13. The summed E-state index contributed by atoms with van der Waals surface area (Å²) in [6.45, 7) is 1.69. The van der Waals surface area contributed by atoms with Crippen LogP contribution in [0.25, 0.3) is 0 Å². The molecule has 1 aliphatic carbocycles. The third kappa shape index (κ3) is 4.51. The second kappa shape index (κ2) is 8.28. The van der Waals surface area contributed by atoms with Crippen LogP contribution in [0.3, 0.4) is 0 Å². The van der Waals surface area contributed by atoms with Crippen LogP contribution in [0, 0.1) is 10.1 Å². The van der Waals surface area contributed by atoms with Crippen LogP contribution in [0.5, 0.6) is 0 Å². The molecule has 1 saturated heterocycles. The van der Waals surface area contributed by atoms with Gasteiger partial charge in [-0.25, -0.2) is 0 Å². The van der Waals surface area contributed by atoms with Crippen LogP contribution >= 0.6 is 11.3 Å². The Hall–Kier alpha value is -2.45. The number of nitrogens with one attached hydrogen (secondary N) is 1.